The van der Waals surface area contributed by atoms with Crippen molar-refractivity contribution < 1.29 is 4.79 Å². The van der Waals surface area contributed by atoms with E-state index < -0.39 is 0 Å². The Morgan fingerprint density at radius 2 is 2.20 bits per heavy atom. The molecule has 1 aromatic carbocycles. The van der Waals surface area contributed by atoms with E-state index in [2.05, 4.69) is 15.9 Å². The molecule has 0 aromatic heterocycles. The molecule has 1 nitrogen and oxygen atoms in total. The summed E-state index contributed by atoms with van der Waals surface area (Å²) in [6, 6.07) is 5.36. The first kappa shape index (κ1) is 10.9. The molecule has 1 aliphatic carbocycles. The Balaban J connectivity index is 2.36. The van der Waals surface area contributed by atoms with E-state index in [1.165, 1.54) is 0 Å². The number of hydrogen-bond acceptors (Lipinski definition) is 1. The van der Waals surface area contributed by atoms with Crippen LogP contribution in [0.5, 0.6) is 0 Å². The van der Waals surface area contributed by atoms with Crippen LogP contribution in [0.15, 0.2) is 34.3 Å². The second-order valence-electron chi connectivity index (χ2n) is 3.57. The van der Waals surface area contributed by atoms with Gasteiger partial charge in [0.1, 0.15) is 0 Å². The molecule has 0 amide bonds. The van der Waals surface area contributed by atoms with E-state index in [1.807, 2.05) is 12.1 Å². The lowest BCUT2D eigenvalue weighted by Crippen LogP contribution is -2.02. The average molecular weight is 286 g/mol. The highest BCUT2D eigenvalue weighted by molar-refractivity contribution is 9.10. The van der Waals surface area contributed by atoms with Gasteiger partial charge in [-0.2, -0.15) is 0 Å². The van der Waals surface area contributed by atoms with Crippen molar-refractivity contribution in [1.29, 1.82) is 0 Å². The monoisotopic (exact) mass is 284 g/mol. The molecule has 1 aromatic rings. The van der Waals surface area contributed by atoms with Crippen LogP contribution in [0, 0.1) is 0 Å². The maximum atomic E-state index is 12.0. The van der Waals surface area contributed by atoms with Gasteiger partial charge in [0.15, 0.2) is 5.78 Å². The van der Waals surface area contributed by atoms with Crippen LogP contribution in [0.2, 0.25) is 5.02 Å². The number of allylic oxidation sites excluding steroid dienone is 2. The molecule has 0 heterocycles. The van der Waals surface area contributed by atoms with Gasteiger partial charge in [0.25, 0.3) is 0 Å². The molecule has 0 saturated heterocycles. The minimum absolute atomic E-state index is 0.0683. The fourth-order valence-corrected chi connectivity index (χ4v) is 2.29. The quantitative estimate of drug-likeness (QED) is 0.736. The fourth-order valence-electron chi connectivity index (χ4n) is 1.72. The molecular weight excluding hydrogens is 275 g/mol. The lowest BCUT2D eigenvalue weighted by molar-refractivity contribution is 0.103. The molecule has 0 saturated carbocycles. The summed E-state index contributed by atoms with van der Waals surface area (Å²) in [6.07, 6.45) is 4.97. The Hall–Kier alpha value is -0.600. The van der Waals surface area contributed by atoms with Crippen molar-refractivity contribution in [1.82, 2.24) is 0 Å². The molecule has 0 unspecified atom stereocenters. The van der Waals surface area contributed by atoms with Crippen molar-refractivity contribution in [2.45, 2.75) is 19.3 Å². The summed E-state index contributed by atoms with van der Waals surface area (Å²) < 4.78 is 0.883. The second kappa shape index (κ2) is 4.50. The highest BCUT2D eigenvalue weighted by Crippen LogP contribution is 2.27. The lowest BCUT2D eigenvalue weighted by Gasteiger charge is -2.04. The predicted octanol–water partition coefficient (Wildman–Crippen LogP) is 4.40. The van der Waals surface area contributed by atoms with E-state index in [1.54, 1.807) is 12.1 Å². The molecule has 0 N–H and O–H groups in total. The molecule has 15 heavy (non-hydrogen) atoms. The van der Waals surface area contributed by atoms with Crippen LogP contribution in [0.4, 0.5) is 0 Å². The summed E-state index contributed by atoms with van der Waals surface area (Å²) in [6.45, 7) is 0. The van der Waals surface area contributed by atoms with Crippen LogP contribution in [0.1, 0.15) is 29.6 Å². The number of Topliss-reactive ketones (excluding diaryl/α,β-unsaturated/α-hetero) is 1. The molecule has 2 rings (SSSR count). The van der Waals surface area contributed by atoms with Crippen molar-refractivity contribution >= 4 is 33.3 Å². The number of carbonyl (C=O) groups excluding carboxylic acids is 1. The van der Waals surface area contributed by atoms with Gasteiger partial charge in [-0.25, -0.2) is 0 Å². The van der Waals surface area contributed by atoms with Crippen LogP contribution in [-0.2, 0) is 0 Å². The number of benzene rings is 1. The Bertz CT molecular complexity index is 437. The van der Waals surface area contributed by atoms with Gasteiger partial charge in [-0.15, -0.1) is 0 Å². The topological polar surface area (TPSA) is 17.1 Å². The second-order valence-corrected chi connectivity index (χ2v) is 4.90. The van der Waals surface area contributed by atoms with E-state index in [-0.39, 0.29) is 5.78 Å². The van der Waals surface area contributed by atoms with E-state index in [0.717, 1.165) is 29.3 Å². The molecule has 78 valence electrons. The summed E-state index contributed by atoms with van der Waals surface area (Å²) in [5.74, 6) is 0.0683. The van der Waals surface area contributed by atoms with Gasteiger partial charge in [0, 0.05) is 10.0 Å². The van der Waals surface area contributed by atoms with Gasteiger partial charge in [-0.1, -0.05) is 33.6 Å². The molecule has 0 fully saturated rings. The maximum Gasteiger partial charge on any atom is 0.190 e. The number of hydrogen-bond donors (Lipinski definition) is 0. The number of carbonyl (C=O) groups is 1. The van der Waals surface area contributed by atoms with Gasteiger partial charge >= 0.3 is 0 Å². The highest BCUT2D eigenvalue weighted by Gasteiger charge is 2.17. The summed E-state index contributed by atoms with van der Waals surface area (Å²) in [4.78, 5) is 12.0. The zero-order chi connectivity index (χ0) is 10.8. The first-order valence-corrected chi connectivity index (χ1v) is 6.04. The fraction of sp³-hybridized carbons (Fsp3) is 0.250. The Morgan fingerprint density at radius 3 is 2.87 bits per heavy atom. The van der Waals surface area contributed by atoms with Crippen LogP contribution < -0.4 is 0 Å². The van der Waals surface area contributed by atoms with Gasteiger partial charge < -0.3 is 0 Å². The molecular formula is C12H10BrClO. The van der Waals surface area contributed by atoms with Crippen LogP contribution in [0.25, 0.3) is 0 Å². The minimum Gasteiger partial charge on any atom is -0.289 e. The third kappa shape index (κ3) is 2.32. The standard InChI is InChI=1S/C12H10BrClO/c13-9-5-6-11(14)10(7-9)12(15)8-3-1-2-4-8/h3,5-7H,1-2,4H2. The molecule has 0 spiro atoms. The molecule has 0 aliphatic heterocycles. The van der Waals surface area contributed by atoms with E-state index in [9.17, 15) is 4.79 Å². The number of ketones is 1. The number of halogens is 2. The van der Waals surface area contributed by atoms with Crippen molar-refractivity contribution in [2.75, 3.05) is 0 Å². The summed E-state index contributed by atoms with van der Waals surface area (Å²) >= 11 is 9.34. The maximum absolute atomic E-state index is 12.0. The van der Waals surface area contributed by atoms with Crippen LogP contribution >= 0.6 is 27.5 Å². The van der Waals surface area contributed by atoms with E-state index in [4.69, 9.17) is 11.6 Å². The van der Waals surface area contributed by atoms with E-state index in [0.29, 0.717) is 10.6 Å². The Labute approximate surface area is 102 Å². The summed E-state index contributed by atoms with van der Waals surface area (Å²) in [5, 5.41) is 0.524. The van der Waals surface area contributed by atoms with Crippen LogP contribution in [-0.4, -0.2) is 5.78 Å². The van der Waals surface area contributed by atoms with Crippen molar-refractivity contribution in [3.63, 3.8) is 0 Å². The van der Waals surface area contributed by atoms with Crippen molar-refractivity contribution in [3.8, 4) is 0 Å². The molecule has 0 bridgehead atoms. The Morgan fingerprint density at radius 1 is 1.40 bits per heavy atom. The normalized spacial score (nSPS) is 15.2. The minimum atomic E-state index is 0.0683. The third-order valence-corrected chi connectivity index (χ3v) is 3.33. The molecule has 0 radical (unpaired) electrons. The largest absolute Gasteiger partial charge is 0.289 e. The summed E-state index contributed by atoms with van der Waals surface area (Å²) in [7, 11) is 0. The molecule has 0 atom stereocenters. The molecule has 3 heteroatoms. The lowest BCUT2D eigenvalue weighted by atomic mass is 10.0. The van der Waals surface area contributed by atoms with Crippen molar-refractivity contribution in [2.24, 2.45) is 0 Å². The first-order chi connectivity index (χ1) is 7.18. The zero-order valence-electron chi connectivity index (χ0n) is 8.09. The van der Waals surface area contributed by atoms with Gasteiger partial charge in [0.05, 0.1) is 5.02 Å². The Kier molecular flexibility index (Phi) is 3.27. The highest BCUT2D eigenvalue weighted by atomic mass is 79.9. The van der Waals surface area contributed by atoms with Gasteiger partial charge in [-0.05, 0) is 43.0 Å². The molecule has 1 aliphatic rings. The number of rotatable bonds is 2. The van der Waals surface area contributed by atoms with Gasteiger partial charge in [-0.3, -0.25) is 4.79 Å². The zero-order valence-corrected chi connectivity index (χ0v) is 10.4. The first-order valence-electron chi connectivity index (χ1n) is 4.87. The SMILES string of the molecule is O=C(C1=CCCC1)c1cc(Br)ccc1Cl. The summed E-state index contributed by atoms with van der Waals surface area (Å²) in [5.41, 5.74) is 1.49. The third-order valence-electron chi connectivity index (χ3n) is 2.51. The van der Waals surface area contributed by atoms with E-state index >= 15 is 0 Å². The average Bonchev–Trinajstić information content (AvgIpc) is 2.74. The van der Waals surface area contributed by atoms with Gasteiger partial charge in [0.2, 0.25) is 0 Å². The smallest absolute Gasteiger partial charge is 0.190 e. The van der Waals surface area contributed by atoms with Crippen LogP contribution in [0.3, 0.4) is 0 Å². The van der Waals surface area contributed by atoms with Crippen molar-refractivity contribution in [3.05, 3.63) is 44.9 Å². The predicted molar refractivity (Wildman–Crippen MR) is 65.4 cm³/mol.